The molecule has 1 rings (SSSR count). The third kappa shape index (κ3) is 2.06. The van der Waals surface area contributed by atoms with Crippen LogP contribution in [0.3, 0.4) is 0 Å². The lowest BCUT2D eigenvalue weighted by Crippen LogP contribution is -2.56. The number of quaternary nitrogens is 1. The van der Waals surface area contributed by atoms with E-state index in [0.717, 1.165) is 11.3 Å². The molecule has 0 spiro atoms. The van der Waals surface area contributed by atoms with Gasteiger partial charge in [0.25, 0.3) is 0 Å². The first-order valence-electron chi connectivity index (χ1n) is 3.20. The van der Waals surface area contributed by atoms with Crippen molar-refractivity contribution >= 4 is 27.3 Å². The van der Waals surface area contributed by atoms with E-state index < -0.39 is 16.0 Å². The molecule has 13 heavy (non-hydrogen) atoms. The highest BCUT2D eigenvalue weighted by Crippen LogP contribution is 2.20. The minimum atomic E-state index is -3.59. The fraction of sp³-hybridized carbons (Fsp3) is 0.167. The van der Waals surface area contributed by atoms with Crippen LogP contribution in [0.25, 0.3) is 0 Å². The summed E-state index contributed by atoms with van der Waals surface area (Å²) in [6, 6.07) is 1.33. The first-order valence-corrected chi connectivity index (χ1v) is 5.74. The SMILES string of the molecule is COC(=O)c1sccc1S([NH3+])(=O)=O. The van der Waals surface area contributed by atoms with Gasteiger partial charge in [0.15, 0.2) is 0 Å². The first-order chi connectivity index (χ1) is 5.96. The Kier molecular flexibility index (Phi) is 2.69. The van der Waals surface area contributed by atoms with Crippen LogP contribution in [-0.2, 0) is 14.8 Å². The van der Waals surface area contributed by atoms with Crippen molar-refractivity contribution in [2.24, 2.45) is 0 Å². The second-order valence-corrected chi connectivity index (χ2v) is 4.81. The Balaban J connectivity index is 3.26. The van der Waals surface area contributed by atoms with Crippen LogP contribution >= 0.6 is 11.3 Å². The highest BCUT2D eigenvalue weighted by molar-refractivity contribution is 7.84. The van der Waals surface area contributed by atoms with Gasteiger partial charge in [-0.05, 0) is 11.4 Å². The van der Waals surface area contributed by atoms with E-state index in [1.54, 1.807) is 0 Å². The van der Waals surface area contributed by atoms with Gasteiger partial charge in [-0.15, -0.1) is 11.3 Å². The molecule has 0 unspecified atom stereocenters. The fourth-order valence-corrected chi connectivity index (χ4v) is 2.74. The highest BCUT2D eigenvalue weighted by Gasteiger charge is 2.23. The van der Waals surface area contributed by atoms with Crippen LogP contribution in [0.15, 0.2) is 16.3 Å². The van der Waals surface area contributed by atoms with Gasteiger partial charge in [0.1, 0.15) is 9.77 Å². The zero-order chi connectivity index (χ0) is 10.1. The Morgan fingerprint density at radius 1 is 1.62 bits per heavy atom. The summed E-state index contributed by atoms with van der Waals surface area (Å²) in [4.78, 5) is 11.0. The maximum Gasteiger partial charge on any atom is 0.349 e. The summed E-state index contributed by atoms with van der Waals surface area (Å²) in [5, 5.41) is 4.47. The standard InChI is InChI=1S/C6H7NO4S2/c1-11-6(8)5-4(2-3-12-5)13(7,9)10/h2-3H,1H3,(H2,7,9,10)/p+1. The van der Waals surface area contributed by atoms with Crippen LogP contribution in [-0.4, -0.2) is 21.5 Å². The number of esters is 1. The molecule has 1 aromatic rings. The normalized spacial score (nSPS) is 11.2. The third-order valence-electron chi connectivity index (χ3n) is 1.33. The molecule has 7 heteroatoms. The summed E-state index contributed by atoms with van der Waals surface area (Å²) in [6.45, 7) is 0. The van der Waals surface area contributed by atoms with Crippen molar-refractivity contribution in [2.75, 3.05) is 7.11 Å². The Hall–Kier alpha value is -0.920. The van der Waals surface area contributed by atoms with Crippen LogP contribution in [0.5, 0.6) is 0 Å². The highest BCUT2D eigenvalue weighted by atomic mass is 32.2. The summed E-state index contributed by atoms with van der Waals surface area (Å²) in [5.74, 6) is -0.655. The predicted octanol–water partition coefficient (Wildman–Crippen LogP) is -0.535. The molecule has 3 N–H and O–H groups in total. The maximum atomic E-state index is 11.0. The number of carbonyl (C=O) groups excluding carboxylic acids is 1. The molecule has 72 valence electrons. The lowest BCUT2D eigenvalue weighted by molar-refractivity contribution is -0.165. The third-order valence-corrected chi connectivity index (χ3v) is 3.37. The molecule has 0 saturated carbocycles. The van der Waals surface area contributed by atoms with Gasteiger partial charge in [-0.1, -0.05) is 0 Å². The molecule has 0 amide bonds. The van der Waals surface area contributed by atoms with Gasteiger partial charge in [-0.25, -0.2) is 9.93 Å². The van der Waals surface area contributed by atoms with Gasteiger partial charge in [0.2, 0.25) is 0 Å². The number of ether oxygens (including phenoxy) is 1. The Labute approximate surface area is 79.2 Å². The predicted molar refractivity (Wildman–Crippen MR) is 45.7 cm³/mol. The zero-order valence-corrected chi connectivity index (χ0v) is 8.44. The van der Waals surface area contributed by atoms with E-state index in [2.05, 4.69) is 9.88 Å². The van der Waals surface area contributed by atoms with Crippen LogP contribution < -0.4 is 5.14 Å². The molecule has 0 aliphatic heterocycles. The number of methoxy groups -OCH3 is 1. The average Bonchev–Trinajstić information content (AvgIpc) is 2.49. The Morgan fingerprint density at radius 2 is 2.23 bits per heavy atom. The van der Waals surface area contributed by atoms with Crippen molar-refractivity contribution in [3.63, 3.8) is 0 Å². The van der Waals surface area contributed by atoms with E-state index >= 15 is 0 Å². The number of carbonyl (C=O) groups is 1. The fourth-order valence-electron chi connectivity index (χ4n) is 0.784. The summed E-state index contributed by atoms with van der Waals surface area (Å²) >= 11 is 1.02. The molecule has 0 fully saturated rings. The summed E-state index contributed by atoms with van der Waals surface area (Å²) in [7, 11) is -2.39. The molecule has 5 nitrogen and oxygen atoms in total. The van der Waals surface area contributed by atoms with Crippen LogP contribution in [0.2, 0.25) is 0 Å². The van der Waals surface area contributed by atoms with E-state index in [9.17, 15) is 13.2 Å². The lowest BCUT2D eigenvalue weighted by atomic mass is 10.5. The monoisotopic (exact) mass is 222 g/mol. The second-order valence-electron chi connectivity index (χ2n) is 2.22. The Bertz CT molecular complexity index is 420. The van der Waals surface area contributed by atoms with Crippen molar-refractivity contribution in [1.82, 2.24) is 0 Å². The van der Waals surface area contributed by atoms with Crippen molar-refractivity contribution in [3.8, 4) is 0 Å². The Morgan fingerprint density at radius 3 is 2.69 bits per heavy atom. The van der Waals surface area contributed by atoms with Gasteiger partial charge in [-0.2, -0.15) is 8.42 Å². The number of thiophene rings is 1. The smallest absolute Gasteiger partial charge is 0.349 e. The maximum absolute atomic E-state index is 11.0. The molecule has 0 aromatic carbocycles. The number of rotatable bonds is 2. The minimum Gasteiger partial charge on any atom is -0.465 e. The first kappa shape index (κ1) is 10.2. The van der Waals surface area contributed by atoms with E-state index in [-0.39, 0.29) is 9.77 Å². The quantitative estimate of drug-likeness (QED) is 0.681. The molecule has 0 atom stereocenters. The minimum absolute atomic E-state index is 0.0671. The number of sulfonamides is 1. The molecule has 0 bridgehead atoms. The van der Waals surface area contributed by atoms with Crippen LogP contribution in [0, 0.1) is 0 Å². The van der Waals surface area contributed by atoms with Gasteiger partial charge in [0, 0.05) is 0 Å². The van der Waals surface area contributed by atoms with Crippen molar-refractivity contribution in [1.29, 1.82) is 0 Å². The van der Waals surface area contributed by atoms with Gasteiger partial charge >= 0.3 is 16.0 Å². The molecule has 1 aromatic heterocycles. The number of hydrogen-bond acceptors (Lipinski definition) is 5. The molecule has 0 aliphatic rings. The van der Waals surface area contributed by atoms with Crippen LogP contribution in [0.4, 0.5) is 0 Å². The molecular formula is C6H8NO4S2+. The van der Waals surface area contributed by atoms with E-state index in [0.29, 0.717) is 0 Å². The zero-order valence-electron chi connectivity index (χ0n) is 6.81. The summed E-state index contributed by atoms with van der Waals surface area (Å²) < 4.78 is 26.5. The van der Waals surface area contributed by atoms with Crippen molar-refractivity contribution in [2.45, 2.75) is 4.90 Å². The van der Waals surface area contributed by atoms with Crippen LogP contribution in [0.1, 0.15) is 9.67 Å². The van der Waals surface area contributed by atoms with Gasteiger partial charge in [-0.3, -0.25) is 0 Å². The molecule has 1 heterocycles. The van der Waals surface area contributed by atoms with Gasteiger partial charge < -0.3 is 4.74 Å². The summed E-state index contributed by atoms with van der Waals surface area (Å²) in [5.41, 5.74) is 0. The van der Waals surface area contributed by atoms with Crippen molar-refractivity contribution < 1.29 is 23.1 Å². The molecule has 0 aliphatic carbocycles. The van der Waals surface area contributed by atoms with E-state index in [1.165, 1.54) is 18.6 Å². The average molecular weight is 222 g/mol. The van der Waals surface area contributed by atoms with E-state index in [4.69, 9.17) is 0 Å². The van der Waals surface area contributed by atoms with Gasteiger partial charge in [0.05, 0.1) is 7.11 Å². The van der Waals surface area contributed by atoms with E-state index in [1.807, 2.05) is 0 Å². The second kappa shape index (κ2) is 3.44. The van der Waals surface area contributed by atoms with Crippen molar-refractivity contribution in [3.05, 3.63) is 16.3 Å². The molecule has 0 radical (unpaired) electrons. The lowest BCUT2D eigenvalue weighted by Gasteiger charge is -1.96. The largest absolute Gasteiger partial charge is 0.465 e. The molecule has 0 saturated heterocycles. The topological polar surface area (TPSA) is 88.1 Å². The number of hydrogen-bond donors (Lipinski definition) is 1. The molecular weight excluding hydrogens is 214 g/mol. The summed E-state index contributed by atoms with van der Waals surface area (Å²) in [6.07, 6.45) is 0.